The molecule has 0 bridgehead atoms. The fourth-order valence-electron chi connectivity index (χ4n) is 0.718. The second-order valence-electron chi connectivity index (χ2n) is 1.95. The molecule has 2 nitrogen and oxygen atoms in total. The van der Waals surface area contributed by atoms with Crippen LogP contribution in [0.15, 0.2) is 0 Å². The Kier molecular flexibility index (Phi) is 6.18. The van der Waals surface area contributed by atoms with Gasteiger partial charge >= 0.3 is 0 Å². The second-order valence-corrected chi connectivity index (χ2v) is 3.76. The van der Waals surface area contributed by atoms with Crippen LogP contribution in [0.4, 0.5) is 0 Å². The number of rotatable bonds is 1. The van der Waals surface area contributed by atoms with Crippen molar-refractivity contribution in [3.05, 3.63) is 0 Å². The summed E-state index contributed by atoms with van der Waals surface area (Å²) in [6.07, 6.45) is 1.99. The summed E-state index contributed by atoms with van der Waals surface area (Å²) in [5, 5.41) is 0. The summed E-state index contributed by atoms with van der Waals surface area (Å²) in [6.45, 7) is 0.981. The number of nitrogens with zero attached hydrogens (tertiary/aromatic N) is 1. The van der Waals surface area contributed by atoms with Crippen molar-refractivity contribution in [3.63, 3.8) is 0 Å². The van der Waals surface area contributed by atoms with Gasteiger partial charge in [-0.25, -0.2) is 6.29 Å². The summed E-state index contributed by atoms with van der Waals surface area (Å²) in [6, 6.07) is 0.00810. The zero-order valence-corrected chi connectivity index (χ0v) is 8.85. The molecule has 1 radical (unpaired) electrons. The van der Waals surface area contributed by atoms with Crippen molar-refractivity contribution in [1.29, 1.82) is 0 Å². The van der Waals surface area contributed by atoms with E-state index in [9.17, 15) is 4.79 Å². The minimum absolute atomic E-state index is 0. The first-order valence-electron chi connectivity index (χ1n) is 2.81. The average Bonchev–Trinajstić information content (AvgIpc) is 1.89. The molecule has 2 atom stereocenters. The molecule has 5 heteroatoms. The Labute approximate surface area is 79.6 Å². The summed E-state index contributed by atoms with van der Waals surface area (Å²) < 4.78 is 1.96. The first-order valence-corrected chi connectivity index (χ1v) is 4.48. The molecule has 0 aromatic heterocycles. The van der Waals surface area contributed by atoms with E-state index in [1.165, 1.54) is 0 Å². The summed E-state index contributed by atoms with van der Waals surface area (Å²) in [5.74, 6) is 2.02. The zero-order chi connectivity index (χ0) is 6.69. The topological polar surface area (TPSA) is 20.3 Å². The summed E-state index contributed by atoms with van der Waals surface area (Å²) in [5.41, 5.74) is 0. The molecule has 0 aliphatic carbocycles. The van der Waals surface area contributed by atoms with E-state index >= 15 is 0 Å². The minimum atomic E-state index is 0. The van der Waals surface area contributed by atoms with Crippen LogP contribution in [0.3, 0.4) is 0 Å². The van der Waals surface area contributed by atoms with Gasteiger partial charge in [0.1, 0.15) is 0 Å². The SMILES string of the molecule is O=[C-]C1CSCCN1P.[V]. The average molecular weight is 213 g/mol. The van der Waals surface area contributed by atoms with Crippen LogP contribution < -0.4 is 0 Å². The van der Waals surface area contributed by atoms with Crippen LogP contribution in [-0.2, 0) is 23.4 Å². The molecular formula is C5H9NOPSV-. The van der Waals surface area contributed by atoms with E-state index in [4.69, 9.17) is 0 Å². The molecule has 1 saturated heterocycles. The van der Waals surface area contributed by atoms with Crippen molar-refractivity contribution >= 4 is 27.4 Å². The van der Waals surface area contributed by atoms with Gasteiger partial charge in [0.2, 0.25) is 0 Å². The predicted octanol–water partition coefficient (Wildman–Crippen LogP) is 0.301. The molecule has 0 amide bonds. The summed E-state index contributed by atoms with van der Waals surface area (Å²) in [7, 11) is 2.55. The fourth-order valence-corrected chi connectivity index (χ4v) is 2.34. The maximum atomic E-state index is 10.2. The van der Waals surface area contributed by atoms with Crippen LogP contribution in [0.1, 0.15) is 0 Å². The monoisotopic (exact) mass is 213 g/mol. The molecule has 1 aliphatic heterocycles. The molecule has 1 fully saturated rings. The molecule has 0 aromatic carbocycles. The van der Waals surface area contributed by atoms with Gasteiger partial charge in [0.25, 0.3) is 0 Å². The van der Waals surface area contributed by atoms with Gasteiger partial charge in [-0.1, -0.05) is 15.4 Å². The van der Waals surface area contributed by atoms with Gasteiger partial charge in [-0.05, 0) is 5.75 Å². The molecule has 0 aromatic rings. The van der Waals surface area contributed by atoms with Crippen molar-refractivity contribution in [2.75, 3.05) is 18.1 Å². The number of hydrogen-bond donors (Lipinski definition) is 0. The van der Waals surface area contributed by atoms with Crippen LogP contribution >= 0.6 is 21.2 Å². The Hall–Kier alpha value is 0.994. The van der Waals surface area contributed by atoms with Crippen molar-refractivity contribution in [2.24, 2.45) is 0 Å². The van der Waals surface area contributed by atoms with E-state index in [0.717, 1.165) is 18.1 Å². The fraction of sp³-hybridized carbons (Fsp3) is 0.800. The maximum absolute atomic E-state index is 10.2. The third-order valence-corrected chi connectivity index (χ3v) is 2.95. The van der Waals surface area contributed by atoms with Crippen molar-refractivity contribution in [3.8, 4) is 0 Å². The van der Waals surface area contributed by atoms with E-state index in [1.54, 1.807) is 0 Å². The predicted molar refractivity (Wildman–Crippen MR) is 43.2 cm³/mol. The molecule has 2 unspecified atom stereocenters. The van der Waals surface area contributed by atoms with Crippen LogP contribution in [0.5, 0.6) is 0 Å². The van der Waals surface area contributed by atoms with Crippen LogP contribution in [0, 0.1) is 0 Å². The Bertz CT molecular complexity index is 116. The van der Waals surface area contributed by atoms with E-state index < -0.39 is 0 Å². The Morgan fingerprint density at radius 2 is 2.40 bits per heavy atom. The van der Waals surface area contributed by atoms with Gasteiger partial charge in [-0.3, -0.25) is 0 Å². The van der Waals surface area contributed by atoms with Crippen molar-refractivity contribution < 1.29 is 23.4 Å². The molecule has 0 saturated carbocycles. The smallest absolute Gasteiger partial charge is 0.00843 e. The maximum Gasteiger partial charge on any atom is 0.00843 e. The number of thioether (sulfide) groups is 1. The van der Waals surface area contributed by atoms with Crippen LogP contribution in [-0.4, -0.2) is 35.0 Å². The quantitative estimate of drug-likeness (QED) is 0.461. The molecule has 57 valence electrons. The number of hydrogen-bond acceptors (Lipinski definition) is 3. The molecule has 10 heavy (non-hydrogen) atoms. The van der Waals surface area contributed by atoms with Gasteiger partial charge < -0.3 is 9.46 Å². The van der Waals surface area contributed by atoms with E-state index in [-0.39, 0.29) is 24.6 Å². The van der Waals surface area contributed by atoms with Crippen LogP contribution in [0.2, 0.25) is 0 Å². The Morgan fingerprint density at radius 3 is 2.80 bits per heavy atom. The Morgan fingerprint density at radius 1 is 1.70 bits per heavy atom. The third kappa shape index (κ3) is 2.94. The largest absolute Gasteiger partial charge is 0.540 e. The standard InChI is InChI=1S/C5H9NOPS.V/c7-3-5-4-9-2-1-6(5)8;/h5H,1-2,4,8H2;/q-1;. The van der Waals surface area contributed by atoms with Crippen molar-refractivity contribution in [1.82, 2.24) is 4.67 Å². The molecular weight excluding hydrogens is 204 g/mol. The van der Waals surface area contributed by atoms with Gasteiger partial charge in [-0.2, -0.15) is 11.8 Å². The Balaban J connectivity index is 0.000000810. The summed E-state index contributed by atoms with van der Waals surface area (Å²) in [4.78, 5) is 10.2. The summed E-state index contributed by atoms with van der Waals surface area (Å²) >= 11 is 1.81. The van der Waals surface area contributed by atoms with Crippen molar-refractivity contribution in [2.45, 2.75) is 6.04 Å². The first kappa shape index (κ1) is 11.0. The number of carbonyl (C=O) groups excluding carboxylic acids is 1. The second kappa shape index (κ2) is 5.62. The van der Waals surface area contributed by atoms with E-state index in [1.807, 2.05) is 22.7 Å². The van der Waals surface area contributed by atoms with Gasteiger partial charge in [0.15, 0.2) is 0 Å². The normalized spacial score (nSPS) is 27.1. The molecule has 1 rings (SSSR count). The first-order chi connectivity index (χ1) is 4.34. The minimum Gasteiger partial charge on any atom is -0.540 e. The molecule has 1 heterocycles. The van der Waals surface area contributed by atoms with E-state index in [2.05, 4.69) is 9.39 Å². The molecule has 0 N–H and O–H groups in total. The van der Waals surface area contributed by atoms with E-state index in [0.29, 0.717) is 0 Å². The molecule has 0 spiro atoms. The third-order valence-electron chi connectivity index (χ3n) is 1.31. The van der Waals surface area contributed by atoms with Gasteiger partial charge in [0, 0.05) is 30.9 Å². The molecule has 1 aliphatic rings. The zero-order valence-electron chi connectivity index (χ0n) is 5.49. The van der Waals surface area contributed by atoms with Crippen LogP contribution in [0.25, 0.3) is 0 Å². The van der Waals surface area contributed by atoms with Gasteiger partial charge in [-0.15, -0.1) is 0 Å². The van der Waals surface area contributed by atoms with Gasteiger partial charge in [0.05, 0.1) is 0 Å².